The van der Waals surface area contributed by atoms with Crippen LogP contribution in [0, 0.1) is 0 Å². The third-order valence-electron chi connectivity index (χ3n) is 6.43. The Bertz CT molecular complexity index is 1540. The number of methoxy groups -OCH3 is 4. The Balaban J connectivity index is 1.54. The fourth-order valence-corrected chi connectivity index (χ4v) is 4.87. The van der Waals surface area contributed by atoms with E-state index in [-0.39, 0.29) is 17.1 Å². The van der Waals surface area contributed by atoms with E-state index in [0.29, 0.717) is 33.8 Å². The van der Waals surface area contributed by atoms with Crippen LogP contribution in [0.5, 0.6) is 23.0 Å². The lowest BCUT2D eigenvalue weighted by molar-refractivity contribution is -0.118. The minimum atomic E-state index is -0.309. The summed E-state index contributed by atoms with van der Waals surface area (Å²) in [7, 11) is 6.25. The van der Waals surface area contributed by atoms with Crippen LogP contribution < -0.4 is 24.4 Å². The summed E-state index contributed by atoms with van der Waals surface area (Å²) in [5.41, 5.74) is 6.19. The van der Waals surface area contributed by atoms with E-state index < -0.39 is 0 Å². The summed E-state index contributed by atoms with van der Waals surface area (Å²) in [4.78, 5) is 12.7. The van der Waals surface area contributed by atoms with Gasteiger partial charge < -0.3 is 18.9 Å². The van der Waals surface area contributed by atoms with E-state index in [1.807, 2.05) is 41.0 Å². The Morgan fingerprint density at radius 3 is 2.12 bits per heavy atom. The number of hydrogen-bond donors (Lipinski definition) is 1. The fourth-order valence-electron chi connectivity index (χ4n) is 4.12. The van der Waals surface area contributed by atoms with Crippen molar-refractivity contribution < 1.29 is 23.7 Å². The molecule has 0 spiro atoms. The summed E-state index contributed by atoms with van der Waals surface area (Å²) >= 11 is 1.26. The van der Waals surface area contributed by atoms with Crippen molar-refractivity contribution in [3.8, 4) is 40.1 Å². The Kier molecular flexibility index (Phi) is 9.74. The number of hydrogen-bond acceptors (Lipinski definition) is 9. The highest BCUT2D eigenvalue weighted by atomic mass is 32.2. The maximum Gasteiger partial charge on any atom is 0.250 e. The van der Waals surface area contributed by atoms with Gasteiger partial charge in [0.15, 0.2) is 22.5 Å². The maximum absolute atomic E-state index is 12.7. The number of amides is 1. The smallest absolute Gasteiger partial charge is 0.250 e. The summed E-state index contributed by atoms with van der Waals surface area (Å²) in [6, 6.07) is 19.3. The zero-order chi connectivity index (χ0) is 30.3. The molecule has 0 saturated heterocycles. The first-order valence-corrected chi connectivity index (χ1v) is 14.1. The quantitative estimate of drug-likeness (QED) is 0.139. The monoisotopic (exact) mass is 589 g/mol. The van der Waals surface area contributed by atoms with E-state index in [9.17, 15) is 4.79 Å². The van der Waals surface area contributed by atoms with Crippen molar-refractivity contribution in [3.05, 3.63) is 71.8 Å². The highest BCUT2D eigenvalue weighted by Crippen LogP contribution is 2.34. The molecule has 4 rings (SSSR count). The van der Waals surface area contributed by atoms with Crippen LogP contribution in [0.15, 0.2) is 70.9 Å². The predicted molar refractivity (Wildman–Crippen MR) is 165 cm³/mol. The van der Waals surface area contributed by atoms with E-state index in [1.54, 1.807) is 40.6 Å². The van der Waals surface area contributed by atoms with Gasteiger partial charge in [-0.2, -0.15) is 5.10 Å². The molecular formula is C31H35N5O5S. The molecule has 42 heavy (non-hydrogen) atoms. The second-order valence-corrected chi connectivity index (χ2v) is 11.1. The molecule has 0 bridgehead atoms. The highest BCUT2D eigenvalue weighted by Gasteiger charge is 2.19. The van der Waals surface area contributed by atoms with Crippen LogP contribution >= 0.6 is 11.8 Å². The van der Waals surface area contributed by atoms with Gasteiger partial charge in [-0.05, 0) is 41.3 Å². The van der Waals surface area contributed by atoms with Gasteiger partial charge in [-0.25, -0.2) is 5.43 Å². The summed E-state index contributed by atoms with van der Waals surface area (Å²) in [5.74, 6) is 2.73. The largest absolute Gasteiger partial charge is 0.497 e. The molecule has 0 aliphatic rings. The Morgan fingerprint density at radius 1 is 0.881 bits per heavy atom. The van der Waals surface area contributed by atoms with Crippen LogP contribution in [0.2, 0.25) is 0 Å². The van der Waals surface area contributed by atoms with E-state index >= 15 is 0 Å². The summed E-state index contributed by atoms with van der Waals surface area (Å²) in [5, 5.41) is 13.6. The minimum absolute atomic E-state index is 0.0314. The third-order valence-corrected chi connectivity index (χ3v) is 7.36. The lowest BCUT2D eigenvalue weighted by Crippen LogP contribution is -2.20. The van der Waals surface area contributed by atoms with Gasteiger partial charge in [0.2, 0.25) is 0 Å². The average Bonchev–Trinajstić information content (AvgIpc) is 3.43. The zero-order valence-electron chi connectivity index (χ0n) is 24.8. The number of rotatable bonds is 11. The molecule has 0 saturated carbocycles. The molecule has 1 N–H and O–H groups in total. The fraction of sp³-hybridized carbons (Fsp3) is 0.290. The number of carbonyl (C=O) groups is 1. The molecule has 0 atom stereocenters. The van der Waals surface area contributed by atoms with Crippen molar-refractivity contribution in [1.29, 1.82) is 0 Å². The number of nitrogens with zero attached hydrogens (tertiary/aromatic N) is 4. The van der Waals surface area contributed by atoms with Crippen molar-refractivity contribution in [2.24, 2.45) is 5.10 Å². The van der Waals surface area contributed by atoms with Crippen LogP contribution in [0.4, 0.5) is 0 Å². The third kappa shape index (κ3) is 7.03. The Hall–Kier alpha value is -4.51. The maximum atomic E-state index is 12.7. The topological polar surface area (TPSA) is 109 Å². The molecule has 10 nitrogen and oxygen atoms in total. The summed E-state index contributed by atoms with van der Waals surface area (Å²) in [6.07, 6.45) is 1.49. The molecule has 0 radical (unpaired) electrons. The number of nitrogens with one attached hydrogen (secondary N) is 1. The number of aromatic nitrogens is 3. The summed E-state index contributed by atoms with van der Waals surface area (Å²) in [6.45, 7) is 6.53. The number of ether oxygens (including phenoxy) is 4. The predicted octanol–water partition coefficient (Wildman–Crippen LogP) is 5.51. The SMILES string of the molecule is COc1ccc(-n2c(SCC(=O)N/N=C\c3cc(OC)c(OC)cc3OC)nnc2-c2ccc(C(C)(C)C)cc2)cc1. The molecule has 0 aliphatic heterocycles. The normalized spacial score (nSPS) is 11.4. The van der Waals surface area contributed by atoms with Crippen molar-refractivity contribution in [1.82, 2.24) is 20.2 Å². The van der Waals surface area contributed by atoms with Crippen molar-refractivity contribution >= 4 is 23.9 Å². The second-order valence-electron chi connectivity index (χ2n) is 10.2. The van der Waals surface area contributed by atoms with Crippen LogP contribution in [0.1, 0.15) is 31.9 Å². The van der Waals surface area contributed by atoms with Gasteiger partial charge in [-0.15, -0.1) is 10.2 Å². The molecular weight excluding hydrogens is 554 g/mol. The van der Waals surface area contributed by atoms with Gasteiger partial charge in [0.1, 0.15) is 11.5 Å². The second kappa shape index (κ2) is 13.4. The molecule has 0 fully saturated rings. The average molecular weight is 590 g/mol. The lowest BCUT2D eigenvalue weighted by Gasteiger charge is -2.19. The molecule has 1 aromatic heterocycles. The van der Waals surface area contributed by atoms with Crippen molar-refractivity contribution in [2.75, 3.05) is 34.2 Å². The standard InChI is InChI=1S/C31H35N5O5S/c1-31(2,3)22-10-8-20(9-11-22)29-34-35-30(36(29)23-12-14-24(38-4)15-13-23)42-19-28(37)33-32-18-21-16-26(40-6)27(41-7)17-25(21)39-5/h8-18H,19H2,1-7H3,(H,33,37)/b32-18-. The first kappa shape index (κ1) is 30.4. The first-order valence-electron chi connectivity index (χ1n) is 13.1. The molecule has 11 heteroatoms. The van der Waals surface area contributed by atoms with Crippen molar-refractivity contribution in [3.63, 3.8) is 0 Å². The highest BCUT2D eigenvalue weighted by molar-refractivity contribution is 7.99. The van der Waals surface area contributed by atoms with Gasteiger partial charge in [-0.3, -0.25) is 9.36 Å². The Labute approximate surface area is 250 Å². The molecule has 220 valence electrons. The van der Waals surface area contributed by atoms with Crippen LogP contribution in [0.3, 0.4) is 0 Å². The van der Waals surface area contributed by atoms with E-state index in [0.717, 1.165) is 17.0 Å². The summed E-state index contributed by atoms with van der Waals surface area (Å²) < 4.78 is 23.3. The molecule has 1 heterocycles. The van der Waals surface area contributed by atoms with Gasteiger partial charge in [0.05, 0.1) is 40.4 Å². The first-order chi connectivity index (χ1) is 20.2. The van der Waals surface area contributed by atoms with E-state index in [4.69, 9.17) is 18.9 Å². The number of thioether (sulfide) groups is 1. The molecule has 4 aromatic rings. The van der Waals surface area contributed by atoms with Gasteiger partial charge in [0.25, 0.3) is 5.91 Å². The van der Waals surface area contributed by atoms with Crippen LogP contribution in [0.25, 0.3) is 17.1 Å². The van der Waals surface area contributed by atoms with Crippen molar-refractivity contribution in [2.45, 2.75) is 31.3 Å². The van der Waals surface area contributed by atoms with Gasteiger partial charge >= 0.3 is 0 Å². The number of hydrazone groups is 1. The van der Waals surface area contributed by atoms with E-state index in [2.05, 4.69) is 53.6 Å². The zero-order valence-corrected chi connectivity index (χ0v) is 25.6. The minimum Gasteiger partial charge on any atom is -0.497 e. The van der Waals surface area contributed by atoms with Crippen LogP contribution in [-0.4, -0.2) is 61.1 Å². The molecule has 1 amide bonds. The molecule has 0 unspecified atom stereocenters. The molecule has 0 aliphatic carbocycles. The Morgan fingerprint density at radius 2 is 1.52 bits per heavy atom. The number of benzene rings is 3. The van der Waals surface area contributed by atoms with Gasteiger partial charge in [-0.1, -0.05) is 56.8 Å². The van der Waals surface area contributed by atoms with Gasteiger partial charge in [0, 0.05) is 22.9 Å². The number of carbonyl (C=O) groups excluding carboxylic acids is 1. The lowest BCUT2D eigenvalue weighted by atomic mass is 9.87. The molecule has 3 aromatic carbocycles. The van der Waals surface area contributed by atoms with E-state index in [1.165, 1.54) is 23.5 Å². The van der Waals surface area contributed by atoms with Crippen LogP contribution in [-0.2, 0) is 10.2 Å².